The molecule has 5 rings (SSSR count). The molecule has 4 aromatic rings. The highest BCUT2D eigenvalue weighted by atomic mass is 35.5. The van der Waals surface area contributed by atoms with Crippen LogP contribution in [0, 0.1) is 5.82 Å². The average Bonchev–Trinajstić information content (AvgIpc) is 3.22. The molecule has 2 heterocycles. The van der Waals surface area contributed by atoms with E-state index >= 15 is 0 Å². The van der Waals surface area contributed by atoms with Crippen LogP contribution in [0.1, 0.15) is 33.6 Å². The van der Waals surface area contributed by atoms with Gasteiger partial charge in [-0.15, -0.1) is 0 Å². The van der Waals surface area contributed by atoms with Gasteiger partial charge in [0.2, 0.25) is 0 Å². The first-order chi connectivity index (χ1) is 17.6. The summed E-state index contributed by atoms with van der Waals surface area (Å²) < 4.78 is 45.0. The second-order valence-electron chi connectivity index (χ2n) is 8.31. The number of pyridine rings is 1. The highest BCUT2D eigenvalue weighted by Gasteiger charge is 2.48. The summed E-state index contributed by atoms with van der Waals surface area (Å²) in [5, 5.41) is 10.4. The molecule has 1 aliphatic rings. The summed E-state index contributed by atoms with van der Waals surface area (Å²) in [5.41, 5.74) is -0.511. The summed E-state index contributed by atoms with van der Waals surface area (Å²) in [7, 11) is -4.60. The van der Waals surface area contributed by atoms with Gasteiger partial charge in [-0.2, -0.15) is 0 Å². The summed E-state index contributed by atoms with van der Waals surface area (Å²) in [4.78, 5) is 24.7. The van der Waals surface area contributed by atoms with Crippen molar-refractivity contribution >= 4 is 45.0 Å². The molecule has 0 saturated carbocycles. The lowest BCUT2D eigenvalue weighted by atomic mass is 9.94. The molecule has 188 valence electrons. The summed E-state index contributed by atoms with van der Waals surface area (Å²) in [6.07, 6.45) is 0. The normalized spacial score (nSPS) is 17.0. The van der Waals surface area contributed by atoms with E-state index in [4.69, 9.17) is 23.2 Å². The smallest absolute Gasteiger partial charge is 0.341 e. The van der Waals surface area contributed by atoms with Crippen molar-refractivity contribution in [3.63, 3.8) is 0 Å². The first-order valence-corrected chi connectivity index (χ1v) is 13.1. The van der Waals surface area contributed by atoms with Crippen LogP contribution in [-0.4, -0.2) is 24.1 Å². The summed E-state index contributed by atoms with van der Waals surface area (Å²) in [6.45, 7) is 0. The number of hydrogen-bond acceptors (Lipinski definition) is 4. The van der Waals surface area contributed by atoms with Crippen molar-refractivity contribution in [2.24, 2.45) is 0 Å². The second kappa shape index (κ2) is 9.33. The maximum absolute atomic E-state index is 14.8. The molecule has 1 aromatic heterocycles. The number of aromatic nitrogens is 1. The van der Waals surface area contributed by atoms with Crippen molar-refractivity contribution in [2.45, 2.75) is 17.0 Å². The van der Waals surface area contributed by atoms with Crippen LogP contribution < -0.4 is 9.86 Å². The zero-order valence-corrected chi connectivity index (χ0v) is 21.1. The fourth-order valence-corrected chi connectivity index (χ4v) is 6.53. The van der Waals surface area contributed by atoms with Gasteiger partial charge in [0.05, 0.1) is 12.1 Å². The van der Waals surface area contributed by atoms with E-state index in [2.05, 4.69) is 0 Å². The molecule has 1 aliphatic heterocycles. The molecule has 11 heteroatoms. The molecule has 2 atom stereocenters. The van der Waals surface area contributed by atoms with Crippen molar-refractivity contribution in [1.82, 2.24) is 4.57 Å². The van der Waals surface area contributed by atoms with Crippen LogP contribution in [0.5, 0.6) is 0 Å². The van der Waals surface area contributed by atoms with Crippen molar-refractivity contribution in [3.05, 3.63) is 128 Å². The third-order valence-electron chi connectivity index (χ3n) is 6.18. The molecule has 0 amide bonds. The van der Waals surface area contributed by atoms with Crippen molar-refractivity contribution in [1.29, 1.82) is 0 Å². The van der Waals surface area contributed by atoms with Gasteiger partial charge >= 0.3 is 5.97 Å². The minimum absolute atomic E-state index is 0.113. The zero-order valence-electron chi connectivity index (χ0n) is 18.8. The first kappa shape index (κ1) is 25.0. The highest BCUT2D eigenvalue weighted by Crippen LogP contribution is 2.49. The maximum Gasteiger partial charge on any atom is 0.341 e. The molecular formula is C26H17Cl2FN2O5S. The number of aromatic carboxylic acids is 1. The molecule has 0 aliphatic carbocycles. The molecule has 0 saturated heterocycles. The number of nitrogens with zero attached hydrogens (tertiary/aromatic N) is 2. The van der Waals surface area contributed by atoms with Gasteiger partial charge in [-0.25, -0.2) is 21.9 Å². The van der Waals surface area contributed by atoms with Crippen LogP contribution in [-0.2, 0) is 10.0 Å². The largest absolute Gasteiger partial charge is 0.477 e. The third-order valence-corrected chi connectivity index (χ3v) is 8.50. The van der Waals surface area contributed by atoms with E-state index in [1.807, 2.05) is 0 Å². The SMILES string of the molecule is O=C(O)c1ccc2n(c1=O)[C@@H](c1ccc(Cl)cc1)[C@@H](c1ccc(Cl)cc1)N2S(=O)(=O)c1ccccc1F. The van der Waals surface area contributed by atoms with E-state index in [9.17, 15) is 27.5 Å². The number of rotatable bonds is 5. The van der Waals surface area contributed by atoms with E-state index in [1.165, 1.54) is 18.2 Å². The van der Waals surface area contributed by atoms with Gasteiger partial charge < -0.3 is 5.11 Å². The Hall–Kier alpha value is -3.66. The zero-order chi connectivity index (χ0) is 26.5. The number of sulfonamides is 1. The van der Waals surface area contributed by atoms with Gasteiger partial charge in [0.1, 0.15) is 22.1 Å². The Balaban J connectivity index is 1.88. The van der Waals surface area contributed by atoms with Crippen LogP contribution in [0.25, 0.3) is 0 Å². The van der Waals surface area contributed by atoms with Crippen LogP contribution >= 0.6 is 23.2 Å². The van der Waals surface area contributed by atoms with Crippen LogP contribution in [0.2, 0.25) is 10.0 Å². The predicted molar refractivity (Wildman–Crippen MR) is 138 cm³/mol. The van der Waals surface area contributed by atoms with Gasteiger partial charge in [0, 0.05) is 10.0 Å². The topological polar surface area (TPSA) is 96.7 Å². The Morgan fingerprint density at radius 2 is 1.35 bits per heavy atom. The lowest BCUT2D eigenvalue weighted by molar-refractivity contribution is 0.0694. The third kappa shape index (κ3) is 4.19. The number of carboxylic acids is 1. The number of fused-ring (bicyclic) bond motifs is 1. The molecule has 0 unspecified atom stereocenters. The molecule has 0 radical (unpaired) electrons. The van der Waals surface area contributed by atoms with Gasteiger partial charge in [0.15, 0.2) is 0 Å². The molecule has 7 nitrogen and oxygen atoms in total. The Morgan fingerprint density at radius 3 is 1.89 bits per heavy atom. The summed E-state index contributed by atoms with van der Waals surface area (Å²) >= 11 is 12.2. The Kier molecular flexibility index (Phi) is 6.31. The standard InChI is InChI=1S/C26H17Cl2FN2O5S/c27-17-9-5-15(6-10-17)23-24(16-7-11-18(28)12-8-16)31(37(35,36)21-4-2-1-3-20(21)29)22-14-13-19(26(33)34)25(32)30(22)23/h1-14,23-24H,(H,33,34)/t23-,24+/m0/s1. The van der Waals surface area contributed by atoms with Crippen LogP contribution in [0.4, 0.5) is 10.2 Å². The van der Waals surface area contributed by atoms with E-state index in [-0.39, 0.29) is 5.82 Å². The molecule has 1 N–H and O–H groups in total. The van der Waals surface area contributed by atoms with Gasteiger partial charge in [-0.05, 0) is 59.7 Å². The quantitative estimate of drug-likeness (QED) is 0.347. The van der Waals surface area contributed by atoms with Crippen LogP contribution in [0.15, 0.2) is 94.6 Å². The molecule has 0 bridgehead atoms. The Bertz CT molecular complexity index is 1690. The summed E-state index contributed by atoms with van der Waals surface area (Å²) in [5.74, 6) is -2.55. The molecule has 37 heavy (non-hydrogen) atoms. The summed E-state index contributed by atoms with van der Waals surface area (Å²) in [6, 6.07) is 17.8. The van der Waals surface area contributed by atoms with E-state index in [0.717, 1.165) is 27.1 Å². The Morgan fingerprint density at radius 1 is 0.811 bits per heavy atom. The lowest BCUT2D eigenvalue weighted by Gasteiger charge is -2.29. The molecule has 0 fully saturated rings. The van der Waals surface area contributed by atoms with Crippen molar-refractivity contribution in [3.8, 4) is 0 Å². The fraction of sp³-hybridized carbons (Fsp3) is 0.0769. The van der Waals surface area contributed by atoms with Crippen LogP contribution in [0.3, 0.4) is 0 Å². The minimum Gasteiger partial charge on any atom is -0.477 e. The number of hydrogen-bond donors (Lipinski definition) is 1. The van der Waals surface area contributed by atoms with E-state index in [1.54, 1.807) is 48.5 Å². The molecule has 0 spiro atoms. The molecular weight excluding hydrogens is 542 g/mol. The second-order valence-corrected chi connectivity index (χ2v) is 11.0. The number of anilines is 1. The minimum atomic E-state index is -4.60. The average molecular weight is 559 g/mol. The van der Waals surface area contributed by atoms with Gasteiger partial charge in [0.25, 0.3) is 15.6 Å². The van der Waals surface area contributed by atoms with Gasteiger partial charge in [-0.1, -0.05) is 59.6 Å². The number of halogens is 3. The fourth-order valence-electron chi connectivity index (χ4n) is 4.57. The van der Waals surface area contributed by atoms with Crippen molar-refractivity contribution in [2.75, 3.05) is 4.31 Å². The first-order valence-electron chi connectivity index (χ1n) is 10.9. The highest BCUT2D eigenvalue weighted by molar-refractivity contribution is 7.92. The van der Waals surface area contributed by atoms with Gasteiger partial charge in [-0.3, -0.25) is 9.36 Å². The van der Waals surface area contributed by atoms with Crippen molar-refractivity contribution < 1.29 is 22.7 Å². The predicted octanol–water partition coefficient (Wildman–Crippen LogP) is 5.53. The maximum atomic E-state index is 14.8. The number of benzene rings is 3. The molecule has 3 aromatic carbocycles. The monoisotopic (exact) mass is 558 g/mol. The number of carboxylic acid groups (broad SMARTS) is 1. The Labute approximate surface area is 221 Å². The lowest BCUT2D eigenvalue weighted by Crippen LogP contribution is -2.34. The van der Waals surface area contributed by atoms with E-state index in [0.29, 0.717) is 21.2 Å². The van der Waals surface area contributed by atoms with E-state index < -0.39 is 49.9 Å². The number of carbonyl (C=O) groups is 1.